The zero-order valence-electron chi connectivity index (χ0n) is 9.24. The Kier molecular flexibility index (Phi) is 6.59. The first-order chi connectivity index (χ1) is 7.36. The molecule has 0 radical (unpaired) electrons. The maximum Gasteiger partial charge on any atom is 0.0632 e. The van der Waals surface area contributed by atoms with Gasteiger partial charge >= 0.3 is 0 Å². The Morgan fingerprint density at radius 3 is 3.07 bits per heavy atom. The van der Waals surface area contributed by atoms with Gasteiger partial charge in [-0.25, -0.2) is 0 Å². The third-order valence-corrected chi connectivity index (χ3v) is 3.25. The van der Waals surface area contributed by atoms with Crippen LogP contribution in [0.4, 0.5) is 0 Å². The van der Waals surface area contributed by atoms with Crippen LogP contribution >= 0.6 is 11.3 Å². The van der Waals surface area contributed by atoms with Crippen LogP contribution in [0.15, 0.2) is 17.5 Å². The van der Waals surface area contributed by atoms with Crippen LogP contribution < -0.4 is 11.3 Å². The van der Waals surface area contributed by atoms with Crippen LogP contribution in [-0.4, -0.2) is 19.3 Å². The lowest BCUT2D eigenvalue weighted by Gasteiger charge is -2.14. The Morgan fingerprint density at radius 2 is 2.47 bits per heavy atom. The number of rotatable bonds is 8. The lowest BCUT2D eigenvalue weighted by atomic mass is 10.1. The number of nitrogens with one attached hydrogen (secondary N) is 1. The maximum atomic E-state index is 5.45. The highest BCUT2D eigenvalue weighted by molar-refractivity contribution is 7.09. The van der Waals surface area contributed by atoms with Crippen LogP contribution in [0.25, 0.3) is 0 Å². The summed E-state index contributed by atoms with van der Waals surface area (Å²) in [5.41, 5.74) is 2.80. The fourth-order valence-corrected chi connectivity index (χ4v) is 2.20. The van der Waals surface area contributed by atoms with Crippen LogP contribution in [0.2, 0.25) is 0 Å². The van der Waals surface area contributed by atoms with E-state index < -0.39 is 0 Å². The fourth-order valence-electron chi connectivity index (χ4n) is 1.45. The molecule has 1 rings (SSSR count). The summed E-state index contributed by atoms with van der Waals surface area (Å²) in [5.74, 6) is 5.45. The third kappa shape index (κ3) is 5.28. The van der Waals surface area contributed by atoms with Crippen molar-refractivity contribution in [3.63, 3.8) is 0 Å². The summed E-state index contributed by atoms with van der Waals surface area (Å²) < 4.78 is 5.33. The Morgan fingerprint density at radius 1 is 1.60 bits per heavy atom. The minimum atomic E-state index is 0.282. The highest BCUT2D eigenvalue weighted by Crippen LogP contribution is 2.12. The van der Waals surface area contributed by atoms with Gasteiger partial charge in [-0.1, -0.05) is 6.07 Å². The van der Waals surface area contributed by atoms with Crippen molar-refractivity contribution >= 4 is 11.3 Å². The molecule has 0 aliphatic heterocycles. The topological polar surface area (TPSA) is 47.3 Å². The van der Waals surface area contributed by atoms with E-state index in [-0.39, 0.29) is 6.04 Å². The van der Waals surface area contributed by atoms with Crippen molar-refractivity contribution in [3.05, 3.63) is 22.4 Å². The van der Waals surface area contributed by atoms with E-state index >= 15 is 0 Å². The van der Waals surface area contributed by atoms with Gasteiger partial charge in [0.05, 0.1) is 6.61 Å². The molecule has 1 atom stereocenters. The number of hydrazine groups is 1. The molecule has 0 fully saturated rings. The first kappa shape index (κ1) is 12.6. The van der Waals surface area contributed by atoms with E-state index in [4.69, 9.17) is 10.6 Å². The average molecular weight is 228 g/mol. The summed E-state index contributed by atoms with van der Waals surface area (Å²) in [6.45, 7) is 3.46. The van der Waals surface area contributed by atoms with Gasteiger partial charge in [-0.15, -0.1) is 11.3 Å². The molecule has 1 aromatic heterocycles. The molecule has 1 unspecified atom stereocenters. The summed E-state index contributed by atoms with van der Waals surface area (Å²) >= 11 is 1.82. The van der Waals surface area contributed by atoms with Gasteiger partial charge < -0.3 is 4.74 Å². The molecule has 4 heteroatoms. The normalized spacial score (nSPS) is 12.9. The van der Waals surface area contributed by atoms with Crippen molar-refractivity contribution in [1.29, 1.82) is 0 Å². The number of aryl methyl sites for hydroxylation is 1. The molecule has 0 bridgehead atoms. The van der Waals surface area contributed by atoms with E-state index in [1.54, 1.807) is 0 Å². The second kappa shape index (κ2) is 7.82. The van der Waals surface area contributed by atoms with Crippen LogP contribution in [0.1, 0.15) is 24.6 Å². The third-order valence-electron chi connectivity index (χ3n) is 2.31. The van der Waals surface area contributed by atoms with Crippen molar-refractivity contribution in [3.8, 4) is 0 Å². The molecule has 0 spiro atoms. The summed E-state index contributed by atoms with van der Waals surface area (Å²) in [5, 5.41) is 2.12. The average Bonchev–Trinajstić information content (AvgIpc) is 2.76. The fraction of sp³-hybridized carbons (Fsp3) is 0.636. The lowest BCUT2D eigenvalue weighted by molar-refractivity contribution is 0.119. The molecule has 86 valence electrons. The number of hydrogen-bond donors (Lipinski definition) is 2. The number of nitrogens with two attached hydrogens (primary N) is 1. The van der Waals surface area contributed by atoms with E-state index in [1.165, 1.54) is 4.88 Å². The minimum Gasteiger partial charge on any atom is -0.380 e. The maximum absolute atomic E-state index is 5.45. The van der Waals surface area contributed by atoms with E-state index in [0.29, 0.717) is 6.61 Å². The second-order valence-corrected chi connectivity index (χ2v) is 4.53. The first-order valence-electron chi connectivity index (χ1n) is 5.43. The van der Waals surface area contributed by atoms with Gasteiger partial charge in [0.15, 0.2) is 0 Å². The van der Waals surface area contributed by atoms with Crippen molar-refractivity contribution < 1.29 is 4.74 Å². The molecule has 1 aromatic rings. The molecule has 15 heavy (non-hydrogen) atoms. The number of hydrogen-bond acceptors (Lipinski definition) is 4. The summed E-state index contributed by atoms with van der Waals surface area (Å²) in [4.78, 5) is 1.45. The van der Waals surface area contributed by atoms with Gasteiger partial charge in [0.1, 0.15) is 0 Å². The predicted octanol–water partition coefficient (Wildman–Crippen LogP) is 1.94. The monoisotopic (exact) mass is 228 g/mol. The Labute approximate surface area is 95.6 Å². The van der Waals surface area contributed by atoms with E-state index in [2.05, 4.69) is 22.9 Å². The second-order valence-electron chi connectivity index (χ2n) is 3.49. The number of ether oxygens (including phenoxy) is 1. The summed E-state index contributed by atoms with van der Waals surface area (Å²) in [6, 6.07) is 4.56. The molecule has 0 aliphatic rings. The minimum absolute atomic E-state index is 0.282. The van der Waals surface area contributed by atoms with Gasteiger partial charge in [-0.3, -0.25) is 11.3 Å². The highest BCUT2D eigenvalue weighted by atomic mass is 32.1. The van der Waals surface area contributed by atoms with Crippen molar-refractivity contribution in [2.75, 3.05) is 13.2 Å². The largest absolute Gasteiger partial charge is 0.380 e. The first-order valence-corrected chi connectivity index (χ1v) is 6.31. The molecule has 3 nitrogen and oxygen atoms in total. The van der Waals surface area contributed by atoms with Crippen LogP contribution in [0.3, 0.4) is 0 Å². The van der Waals surface area contributed by atoms with Crippen LogP contribution in [-0.2, 0) is 11.2 Å². The van der Waals surface area contributed by atoms with Crippen molar-refractivity contribution in [1.82, 2.24) is 5.43 Å². The molecule has 1 heterocycles. The van der Waals surface area contributed by atoms with Gasteiger partial charge in [0, 0.05) is 17.5 Å². The quantitative estimate of drug-likeness (QED) is 0.528. The Balaban J connectivity index is 2.11. The molecule has 0 aliphatic carbocycles. The highest BCUT2D eigenvalue weighted by Gasteiger charge is 2.06. The van der Waals surface area contributed by atoms with Crippen molar-refractivity contribution in [2.24, 2.45) is 5.84 Å². The molecule has 0 saturated heterocycles. The summed E-state index contributed by atoms with van der Waals surface area (Å²) in [7, 11) is 0. The van der Waals surface area contributed by atoms with Gasteiger partial charge in [-0.2, -0.15) is 0 Å². The number of thiophene rings is 1. The molecular formula is C11H20N2OS. The van der Waals surface area contributed by atoms with E-state index in [9.17, 15) is 0 Å². The van der Waals surface area contributed by atoms with Crippen molar-refractivity contribution in [2.45, 2.75) is 32.2 Å². The molecule has 0 saturated carbocycles. The zero-order valence-corrected chi connectivity index (χ0v) is 10.1. The van der Waals surface area contributed by atoms with Crippen LogP contribution in [0, 0.1) is 0 Å². The van der Waals surface area contributed by atoms with E-state index in [1.807, 2.05) is 18.3 Å². The molecular weight excluding hydrogens is 208 g/mol. The SMILES string of the molecule is CCOCC(CCCc1cccs1)NN. The zero-order chi connectivity index (χ0) is 10.9. The van der Waals surface area contributed by atoms with Crippen LogP contribution in [0.5, 0.6) is 0 Å². The molecule has 0 amide bonds. The smallest absolute Gasteiger partial charge is 0.0632 e. The lowest BCUT2D eigenvalue weighted by Crippen LogP contribution is -2.38. The van der Waals surface area contributed by atoms with E-state index in [0.717, 1.165) is 25.9 Å². The summed E-state index contributed by atoms with van der Waals surface area (Å²) in [6.07, 6.45) is 3.36. The molecule has 0 aromatic carbocycles. The Hall–Kier alpha value is -0.420. The predicted molar refractivity (Wildman–Crippen MR) is 64.9 cm³/mol. The van der Waals surface area contributed by atoms with Gasteiger partial charge in [0.25, 0.3) is 0 Å². The standard InChI is InChI=1S/C11H20N2OS/c1-2-14-9-10(13-12)5-3-6-11-7-4-8-15-11/h4,7-8,10,13H,2-3,5-6,9,12H2,1H3. The Bertz CT molecular complexity index is 239. The van der Waals surface area contributed by atoms with Gasteiger partial charge in [-0.05, 0) is 37.6 Å². The molecule has 3 N–H and O–H groups in total. The van der Waals surface area contributed by atoms with Gasteiger partial charge in [0.2, 0.25) is 0 Å².